The zero-order valence-corrected chi connectivity index (χ0v) is 10.6. The van der Waals surface area contributed by atoms with Gasteiger partial charge in [0.25, 0.3) is 0 Å². The molecular weight excluding hydrogens is 227 g/mol. The Hall–Kier alpha value is -0.810. The summed E-state index contributed by atoms with van der Waals surface area (Å²) in [5, 5.41) is 3.27. The molecule has 0 aliphatic rings. The molecule has 0 aromatic carbocycles. The van der Waals surface area contributed by atoms with E-state index < -0.39 is 10.8 Å². The maximum absolute atomic E-state index is 12.7. The van der Waals surface area contributed by atoms with E-state index in [1.807, 2.05) is 13.8 Å². The van der Waals surface area contributed by atoms with Crippen LogP contribution in [0.2, 0.25) is 0 Å². The van der Waals surface area contributed by atoms with Crippen LogP contribution in [-0.2, 0) is 10.8 Å². The molecule has 0 aliphatic carbocycles. The standard InChI is InChI=1S/C11H17FN2OS/c1-8(7-16(3)15)14-9(2)11-5-4-10(12)6-13-11/h4-6,8-9,14H,7H2,1-3H3. The summed E-state index contributed by atoms with van der Waals surface area (Å²) in [6.07, 6.45) is 2.88. The van der Waals surface area contributed by atoms with Gasteiger partial charge in [-0.15, -0.1) is 0 Å². The van der Waals surface area contributed by atoms with E-state index in [0.29, 0.717) is 5.75 Å². The van der Waals surface area contributed by atoms with Crippen LogP contribution < -0.4 is 5.32 Å². The summed E-state index contributed by atoms with van der Waals surface area (Å²) in [7, 11) is -0.815. The molecule has 1 N–H and O–H groups in total. The second-order valence-electron chi connectivity index (χ2n) is 3.93. The van der Waals surface area contributed by atoms with Crippen LogP contribution in [0, 0.1) is 5.82 Å². The fourth-order valence-electron chi connectivity index (χ4n) is 1.56. The molecule has 1 aromatic rings. The molecule has 90 valence electrons. The molecule has 0 radical (unpaired) electrons. The van der Waals surface area contributed by atoms with Crippen LogP contribution in [0.5, 0.6) is 0 Å². The Morgan fingerprint density at radius 3 is 2.69 bits per heavy atom. The first-order chi connectivity index (χ1) is 7.49. The van der Waals surface area contributed by atoms with E-state index in [9.17, 15) is 8.60 Å². The van der Waals surface area contributed by atoms with Crippen LogP contribution in [0.25, 0.3) is 0 Å². The van der Waals surface area contributed by atoms with Crippen LogP contribution >= 0.6 is 0 Å². The van der Waals surface area contributed by atoms with E-state index in [1.165, 1.54) is 12.3 Å². The molecule has 5 heteroatoms. The first kappa shape index (κ1) is 13.3. The minimum Gasteiger partial charge on any atom is -0.305 e. The normalized spacial score (nSPS) is 16.8. The molecule has 1 rings (SSSR count). The highest BCUT2D eigenvalue weighted by atomic mass is 32.2. The van der Waals surface area contributed by atoms with Crippen molar-refractivity contribution in [3.63, 3.8) is 0 Å². The van der Waals surface area contributed by atoms with Gasteiger partial charge in [-0.1, -0.05) is 0 Å². The van der Waals surface area contributed by atoms with Crippen LogP contribution in [0.15, 0.2) is 18.3 Å². The molecule has 0 saturated carbocycles. The lowest BCUT2D eigenvalue weighted by atomic mass is 10.2. The first-order valence-corrected chi connectivity index (χ1v) is 6.89. The van der Waals surface area contributed by atoms with Gasteiger partial charge in [0.1, 0.15) is 5.82 Å². The van der Waals surface area contributed by atoms with Gasteiger partial charge in [-0.05, 0) is 26.0 Å². The van der Waals surface area contributed by atoms with E-state index in [1.54, 1.807) is 12.3 Å². The van der Waals surface area contributed by atoms with Crippen LogP contribution in [0.3, 0.4) is 0 Å². The van der Waals surface area contributed by atoms with Crippen molar-refractivity contribution >= 4 is 10.8 Å². The number of nitrogens with zero attached hydrogens (tertiary/aromatic N) is 1. The summed E-state index contributed by atoms with van der Waals surface area (Å²) in [5.41, 5.74) is 0.787. The van der Waals surface area contributed by atoms with Crippen molar-refractivity contribution in [2.45, 2.75) is 25.9 Å². The third-order valence-electron chi connectivity index (χ3n) is 2.21. The Labute approximate surface area is 97.9 Å². The van der Waals surface area contributed by atoms with Crippen LogP contribution in [0.4, 0.5) is 4.39 Å². The zero-order valence-electron chi connectivity index (χ0n) is 9.74. The van der Waals surface area contributed by atoms with E-state index in [4.69, 9.17) is 0 Å². The molecule has 0 fully saturated rings. The SMILES string of the molecule is CC(CS(C)=O)NC(C)c1ccc(F)cn1. The lowest BCUT2D eigenvalue weighted by Gasteiger charge is -2.18. The van der Waals surface area contributed by atoms with Gasteiger partial charge in [-0.3, -0.25) is 9.19 Å². The third kappa shape index (κ3) is 4.37. The van der Waals surface area contributed by atoms with Gasteiger partial charge in [0, 0.05) is 34.9 Å². The topological polar surface area (TPSA) is 42.0 Å². The van der Waals surface area contributed by atoms with Crippen LogP contribution in [-0.4, -0.2) is 27.2 Å². The maximum atomic E-state index is 12.7. The quantitative estimate of drug-likeness (QED) is 0.856. The van der Waals surface area contributed by atoms with Crippen molar-refractivity contribution in [1.82, 2.24) is 10.3 Å². The number of pyridine rings is 1. The van der Waals surface area contributed by atoms with E-state index in [-0.39, 0.29) is 17.9 Å². The van der Waals surface area contributed by atoms with Gasteiger partial charge in [-0.25, -0.2) is 4.39 Å². The molecule has 0 saturated heterocycles. The molecule has 3 nitrogen and oxygen atoms in total. The van der Waals surface area contributed by atoms with Gasteiger partial charge < -0.3 is 5.32 Å². The molecule has 1 heterocycles. The summed E-state index contributed by atoms with van der Waals surface area (Å²) in [6, 6.07) is 3.22. The van der Waals surface area contributed by atoms with Crippen molar-refractivity contribution in [1.29, 1.82) is 0 Å². The summed E-state index contributed by atoms with van der Waals surface area (Å²) in [5.74, 6) is 0.268. The molecular formula is C11H17FN2OS. The zero-order chi connectivity index (χ0) is 12.1. The number of hydrogen-bond donors (Lipinski definition) is 1. The van der Waals surface area contributed by atoms with Gasteiger partial charge in [0.2, 0.25) is 0 Å². The Kier molecular flexibility index (Phi) is 5.02. The fourth-order valence-corrected chi connectivity index (χ4v) is 2.36. The second kappa shape index (κ2) is 6.06. The molecule has 3 unspecified atom stereocenters. The minimum atomic E-state index is -0.815. The first-order valence-electron chi connectivity index (χ1n) is 5.16. The van der Waals surface area contributed by atoms with Crippen molar-refractivity contribution in [3.8, 4) is 0 Å². The van der Waals surface area contributed by atoms with Gasteiger partial charge in [0.15, 0.2) is 0 Å². The van der Waals surface area contributed by atoms with Gasteiger partial charge >= 0.3 is 0 Å². The smallest absolute Gasteiger partial charge is 0.141 e. The molecule has 3 atom stereocenters. The molecule has 0 amide bonds. The predicted octanol–water partition coefficient (Wildman–Crippen LogP) is 1.64. The number of aromatic nitrogens is 1. The minimum absolute atomic E-state index is 0.0270. The lowest BCUT2D eigenvalue weighted by Crippen LogP contribution is -2.33. The number of nitrogens with one attached hydrogen (secondary N) is 1. The fraction of sp³-hybridized carbons (Fsp3) is 0.545. The summed E-state index contributed by atoms with van der Waals surface area (Å²) < 4.78 is 23.7. The van der Waals surface area contributed by atoms with Crippen molar-refractivity contribution in [3.05, 3.63) is 29.8 Å². The van der Waals surface area contributed by atoms with Gasteiger partial charge in [0.05, 0.1) is 11.9 Å². The highest BCUT2D eigenvalue weighted by molar-refractivity contribution is 7.84. The summed E-state index contributed by atoms with van der Waals surface area (Å²) >= 11 is 0. The Balaban J connectivity index is 2.54. The van der Waals surface area contributed by atoms with Crippen molar-refractivity contribution < 1.29 is 8.60 Å². The number of halogens is 1. The molecule has 16 heavy (non-hydrogen) atoms. The number of hydrogen-bond acceptors (Lipinski definition) is 3. The Morgan fingerprint density at radius 2 is 2.19 bits per heavy atom. The largest absolute Gasteiger partial charge is 0.305 e. The molecule has 0 spiro atoms. The summed E-state index contributed by atoms with van der Waals surface area (Å²) in [6.45, 7) is 3.93. The van der Waals surface area contributed by atoms with Crippen molar-refractivity contribution in [2.24, 2.45) is 0 Å². The Bertz CT molecular complexity index is 356. The average Bonchev–Trinajstić information content (AvgIpc) is 2.16. The predicted molar refractivity (Wildman–Crippen MR) is 64.1 cm³/mol. The van der Waals surface area contributed by atoms with Crippen LogP contribution in [0.1, 0.15) is 25.6 Å². The third-order valence-corrected chi connectivity index (χ3v) is 3.18. The van der Waals surface area contributed by atoms with E-state index in [2.05, 4.69) is 10.3 Å². The van der Waals surface area contributed by atoms with E-state index >= 15 is 0 Å². The number of rotatable bonds is 5. The Morgan fingerprint density at radius 1 is 1.50 bits per heavy atom. The van der Waals surface area contributed by atoms with Gasteiger partial charge in [-0.2, -0.15) is 0 Å². The van der Waals surface area contributed by atoms with Crippen molar-refractivity contribution in [2.75, 3.05) is 12.0 Å². The molecule has 1 aromatic heterocycles. The molecule has 0 aliphatic heterocycles. The second-order valence-corrected chi connectivity index (χ2v) is 5.41. The maximum Gasteiger partial charge on any atom is 0.141 e. The summed E-state index contributed by atoms with van der Waals surface area (Å²) in [4.78, 5) is 4.00. The highest BCUT2D eigenvalue weighted by Gasteiger charge is 2.11. The average molecular weight is 244 g/mol. The lowest BCUT2D eigenvalue weighted by molar-refractivity contribution is 0.497. The highest BCUT2D eigenvalue weighted by Crippen LogP contribution is 2.10. The van der Waals surface area contributed by atoms with E-state index in [0.717, 1.165) is 5.69 Å². The molecule has 0 bridgehead atoms. The monoisotopic (exact) mass is 244 g/mol.